The molecule has 0 aliphatic heterocycles. The van der Waals surface area contributed by atoms with E-state index in [1.807, 2.05) is 24.3 Å². The van der Waals surface area contributed by atoms with Gasteiger partial charge in [-0.15, -0.1) is 0 Å². The van der Waals surface area contributed by atoms with Crippen molar-refractivity contribution in [2.45, 2.75) is 19.4 Å². The van der Waals surface area contributed by atoms with Crippen LogP contribution in [0.2, 0.25) is 5.02 Å². The number of halogens is 2. The Labute approximate surface area is 139 Å². The Kier molecular flexibility index (Phi) is 5.96. The van der Waals surface area contributed by atoms with Crippen LogP contribution in [0.4, 0.5) is 10.1 Å². The van der Waals surface area contributed by atoms with Gasteiger partial charge in [0.05, 0.1) is 17.7 Å². The maximum absolute atomic E-state index is 13.4. The van der Waals surface area contributed by atoms with E-state index in [1.165, 1.54) is 17.7 Å². The number of nitrogens with zero attached hydrogens (tertiary/aromatic N) is 1. The maximum atomic E-state index is 13.4. The standard InChI is InChI=1S/C17H19ClFN3O/c1-2-11-4-3-5-13(8-11)22-17(20)21-10-16(23)12-6-7-14(18)15(19)9-12/h3-9,16,23H,2,10H2,1H3,(H3,20,21,22). The van der Waals surface area contributed by atoms with Gasteiger partial charge in [-0.25, -0.2) is 4.39 Å². The van der Waals surface area contributed by atoms with Gasteiger partial charge in [-0.05, 0) is 41.8 Å². The zero-order valence-corrected chi connectivity index (χ0v) is 13.5. The molecule has 0 aromatic heterocycles. The van der Waals surface area contributed by atoms with Crippen LogP contribution < -0.4 is 11.1 Å². The first kappa shape index (κ1) is 17.2. The molecule has 4 N–H and O–H groups in total. The number of nitrogens with one attached hydrogen (secondary N) is 1. The Morgan fingerprint density at radius 2 is 2.13 bits per heavy atom. The number of guanidine groups is 1. The van der Waals surface area contributed by atoms with Crippen molar-refractivity contribution in [2.24, 2.45) is 10.7 Å². The average molecular weight is 336 g/mol. The molecule has 2 rings (SSSR count). The summed E-state index contributed by atoms with van der Waals surface area (Å²) >= 11 is 5.61. The zero-order chi connectivity index (χ0) is 16.8. The van der Waals surface area contributed by atoms with Crippen molar-refractivity contribution in [1.29, 1.82) is 0 Å². The first-order valence-electron chi connectivity index (χ1n) is 7.28. The lowest BCUT2D eigenvalue weighted by Gasteiger charge is -2.11. The fraction of sp³-hybridized carbons (Fsp3) is 0.235. The van der Waals surface area contributed by atoms with Gasteiger partial charge in [-0.2, -0.15) is 0 Å². The van der Waals surface area contributed by atoms with Gasteiger partial charge >= 0.3 is 0 Å². The molecule has 0 aliphatic carbocycles. The SMILES string of the molecule is CCc1cccc(NC(N)=NCC(O)c2ccc(Cl)c(F)c2)c1. The summed E-state index contributed by atoms with van der Waals surface area (Å²) in [4.78, 5) is 4.08. The molecular weight excluding hydrogens is 317 g/mol. The monoisotopic (exact) mass is 335 g/mol. The molecule has 6 heteroatoms. The molecule has 0 saturated carbocycles. The zero-order valence-electron chi connectivity index (χ0n) is 12.8. The highest BCUT2D eigenvalue weighted by Gasteiger charge is 2.10. The molecular formula is C17H19ClFN3O. The molecule has 0 fully saturated rings. The lowest BCUT2D eigenvalue weighted by Crippen LogP contribution is -2.23. The van der Waals surface area contributed by atoms with E-state index < -0.39 is 11.9 Å². The lowest BCUT2D eigenvalue weighted by atomic mass is 10.1. The lowest BCUT2D eigenvalue weighted by molar-refractivity contribution is 0.187. The van der Waals surface area contributed by atoms with Crippen LogP contribution in [0.15, 0.2) is 47.5 Å². The summed E-state index contributed by atoms with van der Waals surface area (Å²) in [5, 5.41) is 13.0. The minimum Gasteiger partial charge on any atom is -0.386 e. The number of aliphatic hydroxyl groups excluding tert-OH is 1. The van der Waals surface area contributed by atoms with E-state index in [2.05, 4.69) is 17.2 Å². The van der Waals surface area contributed by atoms with Gasteiger partial charge in [0.25, 0.3) is 0 Å². The number of anilines is 1. The van der Waals surface area contributed by atoms with Crippen LogP contribution in [0.1, 0.15) is 24.2 Å². The van der Waals surface area contributed by atoms with Crippen LogP contribution in [0.3, 0.4) is 0 Å². The van der Waals surface area contributed by atoms with Crippen molar-refractivity contribution in [2.75, 3.05) is 11.9 Å². The van der Waals surface area contributed by atoms with Crippen LogP contribution in [-0.2, 0) is 6.42 Å². The van der Waals surface area contributed by atoms with Gasteiger partial charge in [-0.1, -0.05) is 36.7 Å². The molecule has 0 heterocycles. The van der Waals surface area contributed by atoms with E-state index in [0.717, 1.165) is 12.1 Å². The Morgan fingerprint density at radius 1 is 1.35 bits per heavy atom. The van der Waals surface area contributed by atoms with Gasteiger partial charge < -0.3 is 16.2 Å². The number of hydrogen-bond donors (Lipinski definition) is 3. The Balaban J connectivity index is 1.99. The predicted octanol–water partition coefficient (Wildman–Crippen LogP) is 3.50. The number of hydrogen-bond acceptors (Lipinski definition) is 2. The van der Waals surface area contributed by atoms with Gasteiger partial charge in [0.2, 0.25) is 0 Å². The number of rotatable bonds is 5. The molecule has 2 aromatic carbocycles. The van der Waals surface area contributed by atoms with E-state index in [4.69, 9.17) is 17.3 Å². The second kappa shape index (κ2) is 7.94. The largest absolute Gasteiger partial charge is 0.386 e. The highest BCUT2D eigenvalue weighted by Crippen LogP contribution is 2.20. The summed E-state index contributed by atoms with van der Waals surface area (Å²) in [7, 11) is 0. The predicted molar refractivity (Wildman–Crippen MR) is 92.3 cm³/mol. The van der Waals surface area contributed by atoms with Crippen molar-refractivity contribution < 1.29 is 9.50 Å². The number of aryl methyl sites for hydroxylation is 1. The van der Waals surface area contributed by atoms with Crippen LogP contribution in [-0.4, -0.2) is 17.6 Å². The number of aliphatic imine (C=N–C) groups is 1. The Bertz CT molecular complexity index is 706. The number of aliphatic hydroxyl groups is 1. The van der Waals surface area contributed by atoms with Crippen LogP contribution in [0.25, 0.3) is 0 Å². The highest BCUT2D eigenvalue weighted by atomic mass is 35.5. The first-order chi connectivity index (χ1) is 11.0. The van der Waals surface area contributed by atoms with E-state index >= 15 is 0 Å². The fourth-order valence-corrected chi connectivity index (χ4v) is 2.18. The van der Waals surface area contributed by atoms with Crippen LogP contribution in [0.5, 0.6) is 0 Å². The second-order valence-electron chi connectivity index (χ2n) is 5.09. The van der Waals surface area contributed by atoms with E-state index in [0.29, 0.717) is 5.56 Å². The fourth-order valence-electron chi connectivity index (χ4n) is 2.07. The van der Waals surface area contributed by atoms with Crippen molar-refractivity contribution in [1.82, 2.24) is 0 Å². The average Bonchev–Trinajstić information content (AvgIpc) is 2.55. The van der Waals surface area contributed by atoms with Gasteiger partial charge in [0, 0.05) is 5.69 Å². The molecule has 23 heavy (non-hydrogen) atoms. The molecule has 4 nitrogen and oxygen atoms in total. The summed E-state index contributed by atoms with van der Waals surface area (Å²) in [6.07, 6.45) is -0.0305. The molecule has 0 bridgehead atoms. The molecule has 0 saturated heterocycles. The van der Waals surface area contributed by atoms with Crippen molar-refractivity contribution in [3.8, 4) is 0 Å². The van der Waals surface area contributed by atoms with Gasteiger partial charge in [0.15, 0.2) is 5.96 Å². The van der Waals surface area contributed by atoms with Crippen LogP contribution in [0, 0.1) is 5.82 Å². The Hall–Kier alpha value is -2.11. The smallest absolute Gasteiger partial charge is 0.193 e. The quantitative estimate of drug-likeness (QED) is 0.578. The third-order valence-corrected chi connectivity index (χ3v) is 3.68. The summed E-state index contributed by atoms with van der Waals surface area (Å²) in [6, 6.07) is 12.0. The molecule has 0 aliphatic rings. The molecule has 122 valence electrons. The van der Waals surface area contributed by atoms with Crippen molar-refractivity contribution in [3.63, 3.8) is 0 Å². The molecule has 1 unspecified atom stereocenters. The molecule has 2 aromatic rings. The van der Waals surface area contributed by atoms with Crippen molar-refractivity contribution in [3.05, 3.63) is 64.4 Å². The summed E-state index contributed by atoms with van der Waals surface area (Å²) < 4.78 is 13.4. The molecule has 1 atom stereocenters. The normalized spacial score (nSPS) is 13.0. The van der Waals surface area contributed by atoms with Gasteiger partial charge in [-0.3, -0.25) is 4.99 Å². The summed E-state index contributed by atoms with van der Waals surface area (Å²) in [5.41, 5.74) is 8.22. The third-order valence-electron chi connectivity index (χ3n) is 3.37. The highest BCUT2D eigenvalue weighted by molar-refractivity contribution is 6.30. The second-order valence-corrected chi connectivity index (χ2v) is 5.50. The van der Waals surface area contributed by atoms with Gasteiger partial charge in [0.1, 0.15) is 5.82 Å². The number of nitrogens with two attached hydrogens (primary N) is 1. The van der Waals surface area contributed by atoms with E-state index in [1.54, 1.807) is 6.07 Å². The van der Waals surface area contributed by atoms with E-state index in [9.17, 15) is 9.50 Å². The summed E-state index contributed by atoms with van der Waals surface area (Å²) in [6.45, 7) is 2.09. The minimum absolute atomic E-state index is 0.0152. The minimum atomic E-state index is -0.955. The van der Waals surface area contributed by atoms with Crippen LogP contribution >= 0.6 is 11.6 Å². The molecule has 0 spiro atoms. The molecule has 0 radical (unpaired) electrons. The van der Waals surface area contributed by atoms with Crippen molar-refractivity contribution >= 4 is 23.2 Å². The molecule has 0 amide bonds. The van der Waals surface area contributed by atoms with E-state index in [-0.39, 0.29) is 17.5 Å². The Morgan fingerprint density at radius 3 is 2.83 bits per heavy atom. The first-order valence-corrected chi connectivity index (χ1v) is 7.66. The maximum Gasteiger partial charge on any atom is 0.193 e. The number of benzene rings is 2. The summed E-state index contributed by atoms with van der Waals surface area (Å²) in [5.74, 6) is -0.388. The topological polar surface area (TPSA) is 70.6 Å². The third kappa shape index (κ3) is 4.94.